The Hall–Kier alpha value is -2.89. The van der Waals surface area contributed by atoms with Crippen LogP contribution in [0.3, 0.4) is 0 Å². The standard InChI is InChI=1S/C15H14N2O4/c1-21-13-5-3-2-4-11(13)9-17-14(18)10-6-7-16-12(8-10)15(19)20/h2-8H,9H2,1H3,(H,17,18)(H,19,20). The van der Waals surface area contributed by atoms with Crippen LogP contribution in [0.1, 0.15) is 26.4 Å². The van der Waals surface area contributed by atoms with E-state index in [1.54, 1.807) is 13.2 Å². The third-order valence-corrected chi connectivity index (χ3v) is 2.87. The molecule has 0 spiro atoms. The fraction of sp³-hybridized carbons (Fsp3) is 0.133. The molecule has 0 radical (unpaired) electrons. The Balaban J connectivity index is 2.08. The van der Waals surface area contributed by atoms with Crippen LogP contribution in [0.2, 0.25) is 0 Å². The smallest absolute Gasteiger partial charge is 0.354 e. The van der Waals surface area contributed by atoms with E-state index in [1.165, 1.54) is 18.3 Å². The third kappa shape index (κ3) is 3.56. The molecule has 0 atom stereocenters. The summed E-state index contributed by atoms with van der Waals surface area (Å²) >= 11 is 0. The lowest BCUT2D eigenvalue weighted by molar-refractivity contribution is 0.0690. The number of carboxylic acid groups (broad SMARTS) is 1. The maximum atomic E-state index is 12.0. The van der Waals surface area contributed by atoms with Crippen molar-refractivity contribution < 1.29 is 19.4 Å². The van der Waals surface area contributed by atoms with Gasteiger partial charge in [0, 0.05) is 23.9 Å². The zero-order valence-electron chi connectivity index (χ0n) is 11.4. The number of benzene rings is 1. The van der Waals surface area contributed by atoms with Crippen LogP contribution in [0.4, 0.5) is 0 Å². The van der Waals surface area contributed by atoms with Gasteiger partial charge in [-0.15, -0.1) is 0 Å². The van der Waals surface area contributed by atoms with Gasteiger partial charge in [-0.1, -0.05) is 18.2 Å². The first kappa shape index (κ1) is 14.5. The highest BCUT2D eigenvalue weighted by Crippen LogP contribution is 2.16. The second-order valence-corrected chi connectivity index (χ2v) is 4.23. The molecule has 0 bridgehead atoms. The zero-order valence-corrected chi connectivity index (χ0v) is 11.4. The van der Waals surface area contributed by atoms with Crippen molar-refractivity contribution in [3.8, 4) is 5.75 Å². The lowest BCUT2D eigenvalue weighted by Gasteiger charge is -2.09. The Bertz CT molecular complexity index is 670. The summed E-state index contributed by atoms with van der Waals surface area (Å²) in [5, 5.41) is 11.6. The van der Waals surface area contributed by atoms with Crippen molar-refractivity contribution in [1.29, 1.82) is 0 Å². The second kappa shape index (κ2) is 6.51. The lowest BCUT2D eigenvalue weighted by atomic mass is 10.2. The molecular formula is C15H14N2O4. The van der Waals surface area contributed by atoms with E-state index in [1.807, 2.05) is 18.2 Å². The number of ether oxygens (including phenoxy) is 1. The number of carbonyl (C=O) groups excluding carboxylic acids is 1. The van der Waals surface area contributed by atoms with Crippen molar-refractivity contribution in [3.63, 3.8) is 0 Å². The molecule has 0 aliphatic carbocycles. The van der Waals surface area contributed by atoms with E-state index in [0.717, 1.165) is 5.56 Å². The highest BCUT2D eigenvalue weighted by Gasteiger charge is 2.11. The van der Waals surface area contributed by atoms with Crippen molar-refractivity contribution >= 4 is 11.9 Å². The number of nitrogens with zero attached hydrogens (tertiary/aromatic N) is 1. The van der Waals surface area contributed by atoms with Gasteiger partial charge in [0.2, 0.25) is 0 Å². The molecule has 0 unspecified atom stereocenters. The maximum Gasteiger partial charge on any atom is 0.354 e. The average Bonchev–Trinajstić information content (AvgIpc) is 2.52. The largest absolute Gasteiger partial charge is 0.496 e. The van der Waals surface area contributed by atoms with E-state index in [-0.39, 0.29) is 23.7 Å². The van der Waals surface area contributed by atoms with Crippen LogP contribution < -0.4 is 10.1 Å². The van der Waals surface area contributed by atoms with Gasteiger partial charge in [-0.2, -0.15) is 0 Å². The number of hydrogen-bond acceptors (Lipinski definition) is 4. The summed E-state index contributed by atoms with van der Waals surface area (Å²) in [6.45, 7) is 0.285. The van der Waals surface area contributed by atoms with E-state index >= 15 is 0 Å². The van der Waals surface area contributed by atoms with Crippen LogP contribution in [0.5, 0.6) is 5.75 Å². The molecule has 6 heteroatoms. The van der Waals surface area contributed by atoms with Crippen molar-refractivity contribution in [3.05, 3.63) is 59.4 Å². The number of carbonyl (C=O) groups is 2. The first-order chi connectivity index (χ1) is 10.1. The van der Waals surface area contributed by atoms with Gasteiger partial charge in [-0.25, -0.2) is 9.78 Å². The molecule has 0 aliphatic heterocycles. The molecular weight excluding hydrogens is 272 g/mol. The third-order valence-electron chi connectivity index (χ3n) is 2.87. The minimum Gasteiger partial charge on any atom is -0.496 e. The highest BCUT2D eigenvalue weighted by molar-refractivity contribution is 5.96. The van der Waals surface area contributed by atoms with Crippen molar-refractivity contribution in [1.82, 2.24) is 10.3 Å². The topological polar surface area (TPSA) is 88.5 Å². The van der Waals surface area contributed by atoms with Gasteiger partial charge >= 0.3 is 5.97 Å². The molecule has 108 valence electrons. The van der Waals surface area contributed by atoms with Crippen LogP contribution in [0.15, 0.2) is 42.6 Å². The van der Waals surface area contributed by atoms with Gasteiger partial charge in [-0.3, -0.25) is 4.79 Å². The summed E-state index contributed by atoms with van der Waals surface area (Å²) in [4.78, 5) is 26.5. The summed E-state index contributed by atoms with van der Waals surface area (Å²) in [7, 11) is 1.56. The molecule has 1 heterocycles. The van der Waals surface area contributed by atoms with Crippen LogP contribution in [0.25, 0.3) is 0 Å². The average molecular weight is 286 g/mol. The molecule has 0 fully saturated rings. The Morgan fingerprint density at radius 3 is 2.76 bits per heavy atom. The Morgan fingerprint density at radius 1 is 1.29 bits per heavy atom. The number of aromatic carboxylic acids is 1. The van der Waals surface area contributed by atoms with Crippen LogP contribution >= 0.6 is 0 Å². The number of hydrogen-bond donors (Lipinski definition) is 2. The molecule has 0 aliphatic rings. The van der Waals surface area contributed by atoms with Gasteiger partial charge < -0.3 is 15.2 Å². The number of carboxylic acids is 1. The molecule has 1 amide bonds. The molecule has 1 aromatic carbocycles. The predicted octanol–water partition coefficient (Wildman–Crippen LogP) is 1.72. The van der Waals surface area contributed by atoms with Gasteiger partial charge in [0.25, 0.3) is 5.91 Å². The summed E-state index contributed by atoms with van der Waals surface area (Å²) in [5.74, 6) is -0.862. The van der Waals surface area contributed by atoms with Crippen molar-refractivity contribution in [2.45, 2.75) is 6.54 Å². The minimum atomic E-state index is -1.17. The monoisotopic (exact) mass is 286 g/mol. The van der Waals surface area contributed by atoms with E-state index in [2.05, 4.69) is 10.3 Å². The Labute approximate surface area is 121 Å². The molecule has 6 nitrogen and oxygen atoms in total. The van der Waals surface area contributed by atoms with Gasteiger partial charge in [0.15, 0.2) is 0 Å². The second-order valence-electron chi connectivity index (χ2n) is 4.23. The number of amides is 1. The molecule has 2 N–H and O–H groups in total. The first-order valence-electron chi connectivity index (χ1n) is 6.21. The number of nitrogens with one attached hydrogen (secondary N) is 1. The van der Waals surface area contributed by atoms with Crippen LogP contribution in [0, 0.1) is 0 Å². The van der Waals surface area contributed by atoms with Crippen LogP contribution in [-0.4, -0.2) is 29.1 Å². The normalized spacial score (nSPS) is 9.95. The van der Waals surface area contributed by atoms with Gasteiger partial charge in [-0.05, 0) is 18.2 Å². The van der Waals surface area contributed by atoms with Crippen molar-refractivity contribution in [2.75, 3.05) is 7.11 Å². The van der Waals surface area contributed by atoms with E-state index in [4.69, 9.17) is 9.84 Å². The van der Waals surface area contributed by atoms with Gasteiger partial charge in [0.05, 0.1) is 7.11 Å². The highest BCUT2D eigenvalue weighted by atomic mass is 16.5. The summed E-state index contributed by atoms with van der Waals surface area (Å²) in [6, 6.07) is 10.0. The maximum absolute atomic E-state index is 12.0. The number of aromatic nitrogens is 1. The summed E-state index contributed by atoms with van der Waals surface area (Å²) in [6.07, 6.45) is 1.29. The predicted molar refractivity (Wildman–Crippen MR) is 75.4 cm³/mol. The Kier molecular flexibility index (Phi) is 4.50. The van der Waals surface area contributed by atoms with Crippen LogP contribution in [-0.2, 0) is 6.54 Å². The SMILES string of the molecule is COc1ccccc1CNC(=O)c1ccnc(C(=O)O)c1. The molecule has 2 rings (SSSR count). The quantitative estimate of drug-likeness (QED) is 0.873. The lowest BCUT2D eigenvalue weighted by Crippen LogP contribution is -2.23. The zero-order chi connectivity index (χ0) is 15.2. The molecule has 0 saturated carbocycles. The summed E-state index contributed by atoms with van der Waals surface area (Å²) < 4.78 is 5.19. The van der Waals surface area contributed by atoms with Crippen molar-refractivity contribution in [2.24, 2.45) is 0 Å². The fourth-order valence-electron chi connectivity index (χ4n) is 1.82. The Morgan fingerprint density at radius 2 is 2.05 bits per heavy atom. The van der Waals surface area contributed by atoms with Gasteiger partial charge in [0.1, 0.15) is 11.4 Å². The number of pyridine rings is 1. The number of para-hydroxylation sites is 1. The fourth-order valence-corrected chi connectivity index (χ4v) is 1.82. The molecule has 2 aromatic rings. The van der Waals surface area contributed by atoms with E-state index < -0.39 is 5.97 Å². The molecule has 21 heavy (non-hydrogen) atoms. The molecule has 1 aromatic heterocycles. The molecule has 0 saturated heterocycles. The number of rotatable bonds is 5. The summed E-state index contributed by atoms with van der Waals surface area (Å²) in [5.41, 5.74) is 0.915. The van der Waals surface area contributed by atoms with E-state index in [0.29, 0.717) is 5.75 Å². The van der Waals surface area contributed by atoms with E-state index in [9.17, 15) is 9.59 Å². The minimum absolute atomic E-state index is 0.167. The number of methoxy groups -OCH3 is 1. The first-order valence-corrected chi connectivity index (χ1v) is 6.21.